The van der Waals surface area contributed by atoms with Gasteiger partial charge in [0.15, 0.2) is 23.0 Å². The second kappa shape index (κ2) is 7.90. The Morgan fingerprint density at radius 1 is 1.26 bits per heavy atom. The van der Waals surface area contributed by atoms with Gasteiger partial charge in [-0.3, -0.25) is 4.79 Å². The van der Waals surface area contributed by atoms with Crippen molar-refractivity contribution < 1.29 is 28.2 Å². The molecule has 0 radical (unpaired) electrons. The topological polar surface area (TPSA) is 87.3 Å². The summed E-state index contributed by atoms with van der Waals surface area (Å²) in [5, 5.41) is 0. The number of rotatable bonds is 6. The molecule has 0 saturated carbocycles. The van der Waals surface area contributed by atoms with Gasteiger partial charge in [-0.05, 0) is 42.8 Å². The molecule has 0 amide bonds. The molecule has 0 spiro atoms. The lowest BCUT2D eigenvalue weighted by Crippen LogP contribution is -2.15. The predicted octanol–water partition coefficient (Wildman–Crippen LogP) is 3.58. The lowest BCUT2D eigenvalue weighted by molar-refractivity contribution is -0.138. The molecule has 0 bridgehead atoms. The highest BCUT2D eigenvalue weighted by atomic mass is 16.6. The van der Waals surface area contributed by atoms with E-state index in [9.17, 15) is 9.59 Å². The first-order valence-electron chi connectivity index (χ1n) is 8.53. The van der Waals surface area contributed by atoms with Crippen LogP contribution < -0.4 is 9.47 Å². The van der Waals surface area contributed by atoms with Crippen LogP contribution >= 0.6 is 0 Å². The van der Waals surface area contributed by atoms with Crippen molar-refractivity contribution in [1.82, 2.24) is 0 Å². The molecular weight excluding hydrogens is 350 g/mol. The number of nitrogens with zero attached hydrogens (tertiary/aromatic N) is 1. The van der Waals surface area contributed by atoms with Crippen LogP contribution in [0.25, 0.3) is 6.08 Å². The summed E-state index contributed by atoms with van der Waals surface area (Å²) < 4.78 is 21.2. The molecule has 1 aliphatic heterocycles. The average molecular weight is 369 g/mol. The van der Waals surface area contributed by atoms with E-state index in [2.05, 4.69) is 4.99 Å². The summed E-state index contributed by atoms with van der Waals surface area (Å²) in [5.41, 5.74) is 0.787. The zero-order valence-corrected chi connectivity index (χ0v) is 15.2. The number of carbonyl (C=O) groups excluding carboxylic acids is 2. The zero-order valence-electron chi connectivity index (χ0n) is 15.2. The number of carbonyl (C=O) groups is 2. The monoisotopic (exact) mass is 369 g/mol. The summed E-state index contributed by atoms with van der Waals surface area (Å²) in [6.07, 6.45) is 3.04. The van der Waals surface area contributed by atoms with Crippen LogP contribution in [0.3, 0.4) is 0 Å². The molecule has 0 N–H and O–H groups in total. The average Bonchev–Trinajstić information content (AvgIpc) is 3.27. The summed E-state index contributed by atoms with van der Waals surface area (Å²) in [7, 11) is 0. The Balaban J connectivity index is 1.88. The lowest BCUT2D eigenvalue weighted by Gasteiger charge is -2.12. The number of hydrogen-bond acceptors (Lipinski definition) is 7. The fourth-order valence-corrected chi connectivity index (χ4v) is 2.27. The first-order valence-corrected chi connectivity index (χ1v) is 8.53. The maximum Gasteiger partial charge on any atom is 0.363 e. The van der Waals surface area contributed by atoms with Crippen molar-refractivity contribution in [2.75, 3.05) is 6.61 Å². The predicted molar refractivity (Wildman–Crippen MR) is 97.4 cm³/mol. The largest absolute Gasteiger partial charge is 0.490 e. The van der Waals surface area contributed by atoms with E-state index in [1.54, 1.807) is 50.3 Å². The quantitative estimate of drug-likeness (QED) is 0.439. The van der Waals surface area contributed by atoms with Crippen LogP contribution in [-0.2, 0) is 14.3 Å². The van der Waals surface area contributed by atoms with E-state index in [0.29, 0.717) is 29.4 Å². The number of furan rings is 1. The number of benzene rings is 1. The van der Waals surface area contributed by atoms with Gasteiger partial charge >= 0.3 is 11.9 Å². The highest BCUT2D eigenvalue weighted by molar-refractivity contribution is 6.11. The van der Waals surface area contributed by atoms with E-state index >= 15 is 0 Å². The van der Waals surface area contributed by atoms with Crippen LogP contribution in [0.5, 0.6) is 11.5 Å². The van der Waals surface area contributed by atoms with Crippen molar-refractivity contribution in [1.29, 1.82) is 0 Å². The van der Waals surface area contributed by atoms with Gasteiger partial charge in [0.2, 0.25) is 0 Å². The Labute approximate surface area is 156 Å². The van der Waals surface area contributed by atoms with Crippen molar-refractivity contribution in [2.45, 2.75) is 20.8 Å². The molecule has 0 saturated heterocycles. The maximum absolute atomic E-state index is 12.0. The standard InChI is InChI=1S/C20H19NO6/c1-4-24-17-11-13(7-8-15(17)26-19(22)12(2)3)10-14-20(23)27-18(21-14)16-6-5-9-25-16/h5-12H,4H2,1-3H3/b14-10-. The van der Waals surface area contributed by atoms with Crippen molar-refractivity contribution >= 4 is 23.9 Å². The van der Waals surface area contributed by atoms with Gasteiger partial charge in [0.1, 0.15) is 0 Å². The number of esters is 2. The van der Waals surface area contributed by atoms with Crippen LogP contribution in [0.2, 0.25) is 0 Å². The molecule has 3 rings (SSSR count). The van der Waals surface area contributed by atoms with E-state index in [-0.39, 0.29) is 23.5 Å². The third-order valence-corrected chi connectivity index (χ3v) is 3.61. The number of hydrogen-bond donors (Lipinski definition) is 0. The van der Waals surface area contributed by atoms with Crippen molar-refractivity contribution in [2.24, 2.45) is 10.9 Å². The molecule has 1 aliphatic rings. The molecular formula is C20H19NO6. The van der Waals surface area contributed by atoms with Crippen LogP contribution in [0.15, 0.2) is 51.7 Å². The number of ether oxygens (including phenoxy) is 3. The zero-order chi connectivity index (χ0) is 19.4. The maximum atomic E-state index is 12.0. The van der Waals surface area contributed by atoms with Gasteiger partial charge < -0.3 is 18.6 Å². The Hall–Kier alpha value is -3.35. The summed E-state index contributed by atoms with van der Waals surface area (Å²) in [4.78, 5) is 28.0. The smallest absolute Gasteiger partial charge is 0.363 e. The second-order valence-electron chi connectivity index (χ2n) is 6.03. The molecule has 0 aliphatic carbocycles. The third kappa shape index (κ3) is 4.25. The number of cyclic esters (lactones) is 1. The fourth-order valence-electron chi connectivity index (χ4n) is 2.27. The van der Waals surface area contributed by atoms with E-state index in [4.69, 9.17) is 18.6 Å². The first-order chi connectivity index (χ1) is 13.0. The fraction of sp³-hybridized carbons (Fsp3) is 0.250. The summed E-state index contributed by atoms with van der Waals surface area (Å²) >= 11 is 0. The minimum absolute atomic E-state index is 0.115. The Morgan fingerprint density at radius 3 is 2.74 bits per heavy atom. The van der Waals surface area contributed by atoms with Gasteiger partial charge in [-0.2, -0.15) is 0 Å². The second-order valence-corrected chi connectivity index (χ2v) is 6.03. The van der Waals surface area contributed by atoms with Gasteiger partial charge in [-0.15, -0.1) is 0 Å². The van der Waals surface area contributed by atoms with E-state index < -0.39 is 5.97 Å². The highest BCUT2D eigenvalue weighted by Gasteiger charge is 2.26. The van der Waals surface area contributed by atoms with Gasteiger partial charge in [-0.25, -0.2) is 9.79 Å². The Bertz CT molecular complexity index is 909. The molecule has 0 fully saturated rings. The minimum Gasteiger partial charge on any atom is -0.490 e. The molecule has 2 heterocycles. The van der Waals surface area contributed by atoms with Gasteiger partial charge in [0.25, 0.3) is 5.90 Å². The molecule has 2 aromatic rings. The van der Waals surface area contributed by atoms with Crippen molar-refractivity contribution in [3.8, 4) is 11.5 Å². The normalized spacial score (nSPS) is 15.0. The molecule has 7 nitrogen and oxygen atoms in total. The Kier molecular flexibility index (Phi) is 5.40. The van der Waals surface area contributed by atoms with E-state index in [1.165, 1.54) is 6.26 Å². The molecule has 0 unspecified atom stereocenters. The number of aliphatic imine (C=N–C) groups is 1. The summed E-state index contributed by atoms with van der Waals surface area (Å²) in [5.74, 6) is 0.0306. The summed E-state index contributed by atoms with van der Waals surface area (Å²) in [6, 6.07) is 8.33. The third-order valence-electron chi connectivity index (χ3n) is 3.61. The van der Waals surface area contributed by atoms with Gasteiger partial charge in [-0.1, -0.05) is 19.9 Å². The molecule has 1 aromatic carbocycles. The van der Waals surface area contributed by atoms with E-state index in [1.807, 2.05) is 6.92 Å². The highest BCUT2D eigenvalue weighted by Crippen LogP contribution is 2.31. The molecule has 140 valence electrons. The van der Waals surface area contributed by atoms with Crippen molar-refractivity contribution in [3.63, 3.8) is 0 Å². The van der Waals surface area contributed by atoms with Gasteiger partial charge in [0.05, 0.1) is 18.8 Å². The molecule has 1 aromatic heterocycles. The lowest BCUT2D eigenvalue weighted by atomic mass is 10.1. The minimum atomic E-state index is -0.574. The SMILES string of the molecule is CCOc1cc(/C=C2\N=C(c3ccco3)OC2=O)ccc1OC(=O)C(C)C. The van der Waals surface area contributed by atoms with Crippen LogP contribution in [0.4, 0.5) is 0 Å². The van der Waals surface area contributed by atoms with Crippen molar-refractivity contribution in [3.05, 3.63) is 53.6 Å². The first kappa shape index (κ1) is 18.4. The van der Waals surface area contributed by atoms with Gasteiger partial charge in [0, 0.05) is 0 Å². The Morgan fingerprint density at radius 2 is 2.07 bits per heavy atom. The van der Waals surface area contributed by atoms with Crippen LogP contribution in [0, 0.1) is 5.92 Å². The molecule has 0 atom stereocenters. The molecule has 7 heteroatoms. The van der Waals surface area contributed by atoms with E-state index in [0.717, 1.165) is 0 Å². The molecule has 27 heavy (non-hydrogen) atoms. The van der Waals surface area contributed by atoms with Crippen LogP contribution in [0.1, 0.15) is 32.1 Å². The van der Waals surface area contributed by atoms with Crippen LogP contribution in [-0.4, -0.2) is 24.4 Å². The summed E-state index contributed by atoms with van der Waals surface area (Å²) in [6.45, 7) is 5.73.